The van der Waals surface area contributed by atoms with Crippen molar-refractivity contribution in [2.75, 3.05) is 7.11 Å². The van der Waals surface area contributed by atoms with Gasteiger partial charge in [-0.3, -0.25) is 0 Å². The number of hydrogen-bond donors (Lipinski definition) is 0. The van der Waals surface area contributed by atoms with Crippen molar-refractivity contribution in [1.29, 1.82) is 5.26 Å². The van der Waals surface area contributed by atoms with Gasteiger partial charge in [-0.2, -0.15) is 5.26 Å². The lowest BCUT2D eigenvalue weighted by molar-refractivity contribution is 0.396. The smallest absolute Gasteiger partial charge is 0.234 e. The highest BCUT2D eigenvalue weighted by molar-refractivity contribution is 5.90. The molecule has 1 heterocycles. The number of methoxy groups -OCH3 is 1. The summed E-state index contributed by atoms with van der Waals surface area (Å²) < 4.78 is 11.4. The van der Waals surface area contributed by atoms with Crippen LogP contribution in [0.4, 0.5) is 0 Å². The van der Waals surface area contributed by atoms with E-state index in [9.17, 15) is 5.26 Å². The van der Waals surface area contributed by atoms with E-state index in [0.717, 1.165) is 39.0 Å². The van der Waals surface area contributed by atoms with Gasteiger partial charge in [0.2, 0.25) is 5.88 Å². The normalized spacial score (nSPS) is 15.3. The number of rotatable bonds is 4. The van der Waals surface area contributed by atoms with Crippen molar-refractivity contribution in [3.8, 4) is 17.6 Å². The van der Waals surface area contributed by atoms with Gasteiger partial charge in [-0.15, -0.1) is 0 Å². The molecule has 0 fully saturated rings. The first-order valence-corrected chi connectivity index (χ1v) is 10.4. The SMILES string of the molecule is COc1ccc(/C=N/C2=C(C#N)C(c3ccccc3)c3c(ccc4ccccc34)O2)cc1. The van der Waals surface area contributed by atoms with Crippen molar-refractivity contribution in [2.24, 2.45) is 4.99 Å². The molecule has 154 valence electrons. The Morgan fingerprint density at radius 2 is 1.66 bits per heavy atom. The van der Waals surface area contributed by atoms with Gasteiger partial charge in [0.05, 0.1) is 13.0 Å². The summed E-state index contributed by atoms with van der Waals surface area (Å²) in [5.41, 5.74) is 3.40. The van der Waals surface area contributed by atoms with E-state index in [1.807, 2.05) is 78.9 Å². The molecule has 4 aromatic rings. The van der Waals surface area contributed by atoms with Gasteiger partial charge in [0, 0.05) is 11.8 Å². The second kappa shape index (κ2) is 8.41. The Hall–Kier alpha value is -4.36. The highest BCUT2D eigenvalue weighted by atomic mass is 16.5. The maximum Gasteiger partial charge on any atom is 0.234 e. The predicted molar refractivity (Wildman–Crippen MR) is 126 cm³/mol. The molecule has 0 saturated carbocycles. The van der Waals surface area contributed by atoms with Crippen molar-refractivity contribution in [3.63, 3.8) is 0 Å². The van der Waals surface area contributed by atoms with E-state index < -0.39 is 0 Å². The Kier molecular flexibility index (Phi) is 5.15. The van der Waals surface area contributed by atoms with Crippen LogP contribution in [0.3, 0.4) is 0 Å². The zero-order valence-corrected chi connectivity index (χ0v) is 17.5. The molecular weight excluding hydrogens is 396 g/mol. The molecule has 4 heteroatoms. The topological polar surface area (TPSA) is 54.6 Å². The molecule has 0 saturated heterocycles. The van der Waals surface area contributed by atoms with Gasteiger partial charge < -0.3 is 9.47 Å². The summed E-state index contributed by atoms with van der Waals surface area (Å²) in [6, 6.07) is 32.2. The molecular formula is C28H20N2O2. The quantitative estimate of drug-likeness (QED) is 0.371. The first-order chi connectivity index (χ1) is 15.8. The number of aliphatic imine (C=N–C) groups is 1. The van der Waals surface area contributed by atoms with Gasteiger partial charge in [-0.1, -0.05) is 60.7 Å². The molecule has 5 rings (SSSR count). The van der Waals surface area contributed by atoms with Gasteiger partial charge in [-0.25, -0.2) is 4.99 Å². The summed E-state index contributed by atoms with van der Waals surface area (Å²) in [7, 11) is 1.63. The van der Waals surface area contributed by atoms with Gasteiger partial charge in [0.1, 0.15) is 23.1 Å². The maximum atomic E-state index is 10.2. The summed E-state index contributed by atoms with van der Waals surface area (Å²) in [6.07, 6.45) is 1.71. The van der Waals surface area contributed by atoms with E-state index in [2.05, 4.69) is 23.2 Å². The molecule has 32 heavy (non-hydrogen) atoms. The van der Waals surface area contributed by atoms with Crippen LogP contribution in [-0.2, 0) is 0 Å². The minimum Gasteiger partial charge on any atom is -0.497 e. The van der Waals surface area contributed by atoms with Crippen LogP contribution in [0.15, 0.2) is 107 Å². The van der Waals surface area contributed by atoms with Crippen LogP contribution in [0.1, 0.15) is 22.6 Å². The van der Waals surface area contributed by atoms with Gasteiger partial charge in [0.25, 0.3) is 0 Å². The van der Waals surface area contributed by atoms with Crippen LogP contribution in [-0.4, -0.2) is 13.3 Å². The van der Waals surface area contributed by atoms with Crippen LogP contribution in [0.25, 0.3) is 10.8 Å². The lowest BCUT2D eigenvalue weighted by atomic mass is 9.81. The molecule has 0 bridgehead atoms. The molecule has 4 nitrogen and oxygen atoms in total. The van der Waals surface area contributed by atoms with Gasteiger partial charge in [-0.05, 0) is 52.2 Å². The molecule has 0 amide bonds. The zero-order chi connectivity index (χ0) is 21.9. The van der Waals surface area contributed by atoms with Crippen molar-refractivity contribution in [1.82, 2.24) is 0 Å². The van der Waals surface area contributed by atoms with E-state index in [0.29, 0.717) is 11.5 Å². The van der Waals surface area contributed by atoms with Crippen molar-refractivity contribution in [2.45, 2.75) is 5.92 Å². The molecule has 1 aliphatic rings. The van der Waals surface area contributed by atoms with Crippen LogP contribution in [0.2, 0.25) is 0 Å². The average molecular weight is 416 g/mol. The lowest BCUT2D eigenvalue weighted by Gasteiger charge is -2.27. The third kappa shape index (κ3) is 3.51. The van der Waals surface area contributed by atoms with E-state index in [1.54, 1.807) is 13.3 Å². The molecule has 0 spiro atoms. The Morgan fingerprint density at radius 1 is 0.906 bits per heavy atom. The number of fused-ring (bicyclic) bond motifs is 3. The fourth-order valence-electron chi connectivity index (χ4n) is 4.10. The van der Waals surface area contributed by atoms with Crippen molar-refractivity contribution >= 4 is 17.0 Å². The Morgan fingerprint density at radius 3 is 2.41 bits per heavy atom. The van der Waals surface area contributed by atoms with Crippen molar-refractivity contribution < 1.29 is 9.47 Å². The standard InChI is InChI=1S/C28H20N2O2/c1-31-22-14-11-19(12-15-22)18-30-28-24(17-29)26(21-8-3-2-4-9-21)27-23-10-6-5-7-20(23)13-16-25(27)32-28/h2-16,18,26H,1H3/b30-18+. The second-order valence-electron chi connectivity index (χ2n) is 7.51. The molecule has 4 aromatic carbocycles. The molecule has 1 unspecified atom stereocenters. The molecule has 0 aliphatic carbocycles. The summed E-state index contributed by atoms with van der Waals surface area (Å²) >= 11 is 0. The summed E-state index contributed by atoms with van der Waals surface area (Å²) in [6.45, 7) is 0. The number of benzene rings is 4. The fraction of sp³-hybridized carbons (Fsp3) is 0.0714. The van der Waals surface area contributed by atoms with Crippen LogP contribution in [0.5, 0.6) is 11.5 Å². The monoisotopic (exact) mass is 416 g/mol. The predicted octanol–water partition coefficient (Wildman–Crippen LogP) is 6.23. The highest BCUT2D eigenvalue weighted by Crippen LogP contribution is 2.46. The minimum atomic E-state index is -0.265. The molecule has 0 aromatic heterocycles. The van der Waals surface area contributed by atoms with Crippen LogP contribution >= 0.6 is 0 Å². The molecule has 1 aliphatic heterocycles. The van der Waals surface area contributed by atoms with E-state index in [-0.39, 0.29) is 5.92 Å². The molecule has 0 radical (unpaired) electrons. The third-order valence-electron chi connectivity index (χ3n) is 5.65. The zero-order valence-electron chi connectivity index (χ0n) is 17.5. The number of nitriles is 1. The minimum absolute atomic E-state index is 0.265. The number of ether oxygens (including phenoxy) is 2. The third-order valence-corrected chi connectivity index (χ3v) is 5.65. The molecule has 1 atom stereocenters. The Balaban J connectivity index is 1.67. The lowest BCUT2D eigenvalue weighted by Crippen LogP contribution is -2.16. The van der Waals surface area contributed by atoms with E-state index >= 15 is 0 Å². The number of nitrogens with zero attached hydrogens (tertiary/aromatic N) is 2. The number of hydrogen-bond acceptors (Lipinski definition) is 4. The van der Waals surface area contributed by atoms with E-state index in [1.165, 1.54) is 0 Å². The van der Waals surface area contributed by atoms with Crippen molar-refractivity contribution in [3.05, 3.63) is 119 Å². The fourth-order valence-corrected chi connectivity index (χ4v) is 4.10. The first kappa shape index (κ1) is 19.6. The Labute approximate surface area is 186 Å². The van der Waals surface area contributed by atoms with E-state index in [4.69, 9.17) is 9.47 Å². The summed E-state index contributed by atoms with van der Waals surface area (Å²) in [4.78, 5) is 4.58. The second-order valence-corrected chi connectivity index (χ2v) is 7.51. The summed E-state index contributed by atoms with van der Waals surface area (Å²) in [5.74, 6) is 1.55. The molecule has 0 N–H and O–H groups in total. The van der Waals surface area contributed by atoms with Gasteiger partial charge in [0.15, 0.2) is 0 Å². The van der Waals surface area contributed by atoms with Crippen LogP contribution in [0, 0.1) is 11.3 Å². The summed E-state index contributed by atoms with van der Waals surface area (Å²) in [5, 5.41) is 12.4. The first-order valence-electron chi connectivity index (χ1n) is 10.4. The van der Waals surface area contributed by atoms with Crippen LogP contribution < -0.4 is 9.47 Å². The largest absolute Gasteiger partial charge is 0.497 e. The average Bonchev–Trinajstić information content (AvgIpc) is 2.87. The maximum absolute atomic E-state index is 10.2. The highest BCUT2D eigenvalue weighted by Gasteiger charge is 2.32. The Bertz CT molecular complexity index is 1380. The number of allylic oxidation sites excluding steroid dienone is 1. The van der Waals surface area contributed by atoms with Gasteiger partial charge >= 0.3 is 0 Å².